The number of nitrogens with one attached hydrogen (secondary N) is 2. The van der Waals surface area contributed by atoms with E-state index in [9.17, 15) is 0 Å². The minimum atomic E-state index is 0.212. The largest absolute Gasteiger partial charge is 0.493 e. The summed E-state index contributed by atoms with van der Waals surface area (Å²) in [4.78, 5) is 4.43. The van der Waals surface area contributed by atoms with Crippen LogP contribution in [0.2, 0.25) is 0 Å². The van der Waals surface area contributed by atoms with Gasteiger partial charge in [0.25, 0.3) is 5.89 Å². The molecular formula is C23H21N5O5. The predicted molar refractivity (Wildman–Crippen MR) is 120 cm³/mol. The maximum absolute atomic E-state index is 5.83. The number of nitrogens with zero attached hydrogens (tertiary/aromatic N) is 3. The van der Waals surface area contributed by atoms with Crippen molar-refractivity contribution in [3.05, 3.63) is 60.3 Å². The van der Waals surface area contributed by atoms with Gasteiger partial charge in [-0.15, -0.1) is 5.10 Å². The Labute approximate surface area is 189 Å². The van der Waals surface area contributed by atoms with Crippen molar-refractivity contribution >= 4 is 17.5 Å². The van der Waals surface area contributed by atoms with Gasteiger partial charge in [0.15, 0.2) is 23.0 Å². The van der Waals surface area contributed by atoms with Crippen LogP contribution in [0.15, 0.2) is 59.1 Å². The summed E-state index contributed by atoms with van der Waals surface area (Å²) in [6, 6.07) is 15.1. The van der Waals surface area contributed by atoms with Crippen molar-refractivity contribution in [3.8, 4) is 34.5 Å². The fraction of sp³-hybridized carbons (Fsp3) is 0.174. The second-order valence-electron chi connectivity index (χ2n) is 7.05. The van der Waals surface area contributed by atoms with Crippen LogP contribution in [-0.4, -0.2) is 36.2 Å². The number of fused-ring (bicyclic) bond motifs is 1. The summed E-state index contributed by atoms with van der Waals surface area (Å²) >= 11 is 0. The zero-order chi connectivity index (χ0) is 22.6. The molecule has 0 aliphatic carbocycles. The predicted octanol–water partition coefficient (Wildman–Crippen LogP) is 4.23. The van der Waals surface area contributed by atoms with Crippen LogP contribution in [0, 0.1) is 0 Å². The lowest BCUT2D eigenvalue weighted by Crippen LogP contribution is -2.03. The molecule has 1 aliphatic rings. The van der Waals surface area contributed by atoms with E-state index >= 15 is 0 Å². The average molecular weight is 447 g/mol. The molecule has 0 radical (unpaired) electrons. The van der Waals surface area contributed by atoms with E-state index in [2.05, 4.69) is 25.8 Å². The molecule has 3 heterocycles. The molecular weight excluding hydrogens is 426 g/mol. The third-order valence-electron chi connectivity index (χ3n) is 4.99. The molecule has 10 nitrogen and oxygen atoms in total. The summed E-state index contributed by atoms with van der Waals surface area (Å²) in [5.74, 6) is 3.65. The highest BCUT2D eigenvalue weighted by atomic mass is 16.7. The molecule has 33 heavy (non-hydrogen) atoms. The van der Waals surface area contributed by atoms with Gasteiger partial charge in [0, 0.05) is 24.5 Å². The monoisotopic (exact) mass is 447 g/mol. The Morgan fingerprint density at radius 3 is 2.70 bits per heavy atom. The lowest BCUT2D eigenvalue weighted by Gasteiger charge is -2.11. The van der Waals surface area contributed by atoms with Gasteiger partial charge < -0.3 is 34.0 Å². The number of pyridine rings is 1. The normalized spacial score (nSPS) is 11.8. The Bertz CT molecular complexity index is 1280. The van der Waals surface area contributed by atoms with Crippen molar-refractivity contribution in [2.75, 3.05) is 31.6 Å². The Morgan fingerprint density at radius 2 is 1.82 bits per heavy atom. The molecule has 0 unspecified atom stereocenters. The number of benzene rings is 2. The van der Waals surface area contributed by atoms with Gasteiger partial charge in [-0.1, -0.05) is 11.2 Å². The fourth-order valence-electron chi connectivity index (χ4n) is 3.38. The van der Waals surface area contributed by atoms with Gasteiger partial charge >= 0.3 is 6.01 Å². The summed E-state index contributed by atoms with van der Waals surface area (Å²) < 4.78 is 27.2. The molecule has 0 fully saturated rings. The highest BCUT2D eigenvalue weighted by molar-refractivity contribution is 5.69. The molecule has 168 valence electrons. The van der Waals surface area contributed by atoms with E-state index in [1.165, 1.54) is 0 Å². The van der Waals surface area contributed by atoms with Gasteiger partial charge in [-0.25, -0.2) is 4.98 Å². The molecule has 2 aromatic heterocycles. The molecule has 2 N–H and O–H groups in total. The Balaban J connectivity index is 1.31. The summed E-state index contributed by atoms with van der Waals surface area (Å²) in [5.41, 5.74) is 2.43. The molecule has 5 rings (SSSR count). The zero-order valence-electron chi connectivity index (χ0n) is 18.0. The first-order chi connectivity index (χ1) is 16.2. The van der Waals surface area contributed by atoms with Crippen LogP contribution in [0.4, 0.5) is 17.5 Å². The smallest absolute Gasteiger partial charge is 0.320 e. The number of anilines is 3. The molecule has 4 aromatic rings. The number of methoxy groups -OCH3 is 2. The first kappa shape index (κ1) is 20.4. The Morgan fingerprint density at radius 1 is 0.939 bits per heavy atom. The third-order valence-corrected chi connectivity index (χ3v) is 4.99. The summed E-state index contributed by atoms with van der Waals surface area (Å²) in [6.45, 7) is 0.727. The van der Waals surface area contributed by atoms with Crippen LogP contribution in [0.1, 0.15) is 5.56 Å². The summed E-state index contributed by atoms with van der Waals surface area (Å²) in [7, 11) is 3.21. The van der Waals surface area contributed by atoms with E-state index in [-0.39, 0.29) is 12.8 Å². The number of ether oxygens (including phenoxy) is 4. The second kappa shape index (κ2) is 8.95. The van der Waals surface area contributed by atoms with Gasteiger partial charge in [-0.05, 0) is 42.0 Å². The quantitative estimate of drug-likeness (QED) is 0.407. The van der Waals surface area contributed by atoms with Gasteiger partial charge in [0.1, 0.15) is 5.82 Å². The van der Waals surface area contributed by atoms with E-state index in [0.29, 0.717) is 46.8 Å². The minimum Gasteiger partial charge on any atom is -0.493 e. The zero-order valence-corrected chi connectivity index (χ0v) is 18.0. The van der Waals surface area contributed by atoms with Crippen LogP contribution in [0.25, 0.3) is 11.5 Å². The van der Waals surface area contributed by atoms with Gasteiger partial charge in [-0.2, -0.15) is 0 Å². The first-order valence-electron chi connectivity index (χ1n) is 10.1. The Kier molecular flexibility index (Phi) is 5.54. The van der Waals surface area contributed by atoms with Crippen LogP contribution >= 0.6 is 0 Å². The van der Waals surface area contributed by atoms with Crippen molar-refractivity contribution in [2.45, 2.75) is 6.54 Å². The lowest BCUT2D eigenvalue weighted by atomic mass is 10.2. The second-order valence-corrected chi connectivity index (χ2v) is 7.05. The van der Waals surface area contributed by atoms with Crippen molar-refractivity contribution in [1.29, 1.82) is 0 Å². The number of hydrogen-bond donors (Lipinski definition) is 2. The molecule has 0 spiro atoms. The van der Waals surface area contributed by atoms with E-state index in [0.717, 1.165) is 11.3 Å². The molecule has 0 atom stereocenters. The highest BCUT2D eigenvalue weighted by Gasteiger charge is 2.16. The molecule has 2 aromatic carbocycles. The first-order valence-corrected chi connectivity index (χ1v) is 10.1. The van der Waals surface area contributed by atoms with E-state index in [1.807, 2.05) is 48.5 Å². The molecule has 1 aliphatic heterocycles. The standard InChI is InChI=1S/C23H21N5O5/c1-29-17-7-5-14(10-19(17)30-2)12-25-21-16(4-3-9-24-21)22-27-28-23(33-22)26-15-6-8-18-20(11-15)32-13-31-18/h3-11H,12-13H2,1-2H3,(H,24,25)(H,26,28). The van der Waals surface area contributed by atoms with Crippen molar-refractivity contribution in [3.63, 3.8) is 0 Å². The molecule has 10 heteroatoms. The van der Waals surface area contributed by atoms with Crippen LogP contribution in [0.3, 0.4) is 0 Å². The third kappa shape index (κ3) is 4.31. The number of aromatic nitrogens is 3. The van der Waals surface area contributed by atoms with Gasteiger partial charge in [-0.3, -0.25) is 0 Å². The number of hydrogen-bond acceptors (Lipinski definition) is 10. The van der Waals surface area contributed by atoms with E-state index in [4.69, 9.17) is 23.4 Å². The lowest BCUT2D eigenvalue weighted by molar-refractivity contribution is 0.174. The SMILES string of the molecule is COc1ccc(CNc2ncccc2-c2nnc(Nc3ccc4c(c3)OCO4)o2)cc1OC. The summed E-state index contributed by atoms with van der Waals surface area (Å²) in [5, 5.41) is 14.7. The minimum absolute atomic E-state index is 0.212. The van der Waals surface area contributed by atoms with Crippen molar-refractivity contribution < 1.29 is 23.4 Å². The fourth-order valence-corrected chi connectivity index (χ4v) is 3.38. The van der Waals surface area contributed by atoms with Crippen LogP contribution < -0.4 is 29.6 Å². The van der Waals surface area contributed by atoms with Crippen molar-refractivity contribution in [2.24, 2.45) is 0 Å². The molecule has 0 bridgehead atoms. The van der Waals surface area contributed by atoms with Crippen LogP contribution in [0.5, 0.6) is 23.0 Å². The maximum atomic E-state index is 5.83. The molecule has 0 amide bonds. The van der Waals surface area contributed by atoms with E-state index in [1.54, 1.807) is 20.4 Å². The molecule has 0 saturated heterocycles. The Hall–Kier alpha value is -4.47. The maximum Gasteiger partial charge on any atom is 0.320 e. The topological polar surface area (TPSA) is 113 Å². The average Bonchev–Trinajstić information content (AvgIpc) is 3.52. The van der Waals surface area contributed by atoms with E-state index < -0.39 is 0 Å². The van der Waals surface area contributed by atoms with Crippen LogP contribution in [-0.2, 0) is 6.54 Å². The van der Waals surface area contributed by atoms with Gasteiger partial charge in [0.05, 0.1) is 19.8 Å². The van der Waals surface area contributed by atoms with Crippen molar-refractivity contribution in [1.82, 2.24) is 15.2 Å². The highest BCUT2D eigenvalue weighted by Crippen LogP contribution is 2.35. The number of rotatable bonds is 8. The molecule has 0 saturated carbocycles. The van der Waals surface area contributed by atoms with Gasteiger partial charge in [0.2, 0.25) is 6.79 Å². The summed E-state index contributed by atoms with van der Waals surface area (Å²) in [6.07, 6.45) is 1.70.